The van der Waals surface area contributed by atoms with E-state index >= 15 is 0 Å². The van der Waals surface area contributed by atoms with Crippen molar-refractivity contribution in [1.29, 1.82) is 0 Å². The number of aromatic nitrogens is 1. The highest BCUT2D eigenvalue weighted by Crippen LogP contribution is 2.34. The van der Waals surface area contributed by atoms with Crippen LogP contribution in [0.25, 0.3) is 10.9 Å². The van der Waals surface area contributed by atoms with Gasteiger partial charge in [0.1, 0.15) is 6.61 Å². The number of fused-ring (bicyclic) bond motifs is 1. The Kier molecular flexibility index (Phi) is 9.10. The van der Waals surface area contributed by atoms with Crippen LogP contribution < -0.4 is 20.8 Å². The highest BCUT2D eigenvalue weighted by molar-refractivity contribution is 5.90. The Hall–Kier alpha value is -2.43. The Morgan fingerprint density at radius 3 is 2.45 bits per heavy atom. The molecular formula is C24H36N2O3. The van der Waals surface area contributed by atoms with E-state index in [2.05, 4.69) is 6.92 Å². The van der Waals surface area contributed by atoms with Crippen molar-refractivity contribution in [2.24, 2.45) is 0 Å². The summed E-state index contributed by atoms with van der Waals surface area (Å²) in [6, 6.07) is 5.56. The summed E-state index contributed by atoms with van der Waals surface area (Å²) in [5, 5.41) is 0.848. The summed E-state index contributed by atoms with van der Waals surface area (Å²) < 4.78 is 13.7. The first kappa shape index (κ1) is 22.9. The van der Waals surface area contributed by atoms with Crippen molar-refractivity contribution in [3.8, 4) is 11.5 Å². The van der Waals surface area contributed by atoms with Crippen LogP contribution in [0.2, 0.25) is 0 Å². The van der Waals surface area contributed by atoms with Gasteiger partial charge in [-0.15, -0.1) is 0 Å². The number of aryl methyl sites for hydroxylation is 1. The zero-order valence-electron chi connectivity index (χ0n) is 18.4. The summed E-state index contributed by atoms with van der Waals surface area (Å²) in [5.41, 5.74) is 8.37. The largest absolute Gasteiger partial charge is 0.485 e. The van der Waals surface area contributed by atoms with Gasteiger partial charge in [0.05, 0.1) is 12.1 Å². The van der Waals surface area contributed by atoms with Gasteiger partial charge in [-0.1, -0.05) is 44.6 Å². The van der Waals surface area contributed by atoms with Crippen LogP contribution >= 0.6 is 0 Å². The van der Waals surface area contributed by atoms with Gasteiger partial charge in [0.2, 0.25) is 5.75 Å². The molecule has 0 radical (unpaired) electrons. The predicted molar refractivity (Wildman–Crippen MR) is 122 cm³/mol. The van der Waals surface area contributed by atoms with Crippen LogP contribution in [0.5, 0.6) is 11.5 Å². The number of hydrogen-bond acceptors (Lipinski definition) is 4. The molecule has 0 amide bonds. The highest BCUT2D eigenvalue weighted by Gasteiger charge is 2.19. The second-order valence-corrected chi connectivity index (χ2v) is 7.69. The quantitative estimate of drug-likeness (QED) is 0.282. The molecule has 0 unspecified atom stereocenters. The molecule has 1 aromatic heterocycles. The fourth-order valence-corrected chi connectivity index (χ4v) is 3.35. The van der Waals surface area contributed by atoms with Crippen molar-refractivity contribution in [1.82, 2.24) is 4.57 Å². The lowest BCUT2D eigenvalue weighted by atomic mass is 10.1. The second-order valence-electron chi connectivity index (χ2n) is 7.69. The van der Waals surface area contributed by atoms with E-state index in [1.54, 1.807) is 4.57 Å². The molecule has 0 bridgehead atoms. The monoisotopic (exact) mass is 400 g/mol. The van der Waals surface area contributed by atoms with Crippen molar-refractivity contribution in [2.45, 2.75) is 72.8 Å². The smallest absolute Gasteiger partial charge is 0.297 e. The van der Waals surface area contributed by atoms with E-state index in [-0.39, 0.29) is 5.56 Å². The Morgan fingerprint density at radius 2 is 1.76 bits per heavy atom. The molecule has 0 saturated carbocycles. The Morgan fingerprint density at radius 1 is 1.03 bits per heavy atom. The van der Waals surface area contributed by atoms with E-state index in [1.807, 2.05) is 45.0 Å². The SMILES string of the molecule is CCCCCCCCOc1c(OCC=C(C)C)c2ccc(N)cc2n(CC)c1=O. The molecule has 5 heteroatoms. The summed E-state index contributed by atoms with van der Waals surface area (Å²) in [5.74, 6) is 0.818. The molecule has 0 aliphatic rings. The van der Waals surface area contributed by atoms with Gasteiger partial charge in [-0.3, -0.25) is 4.79 Å². The van der Waals surface area contributed by atoms with Crippen LogP contribution in [-0.4, -0.2) is 17.8 Å². The van der Waals surface area contributed by atoms with Gasteiger partial charge in [0.15, 0.2) is 5.75 Å². The lowest BCUT2D eigenvalue weighted by Crippen LogP contribution is -2.23. The van der Waals surface area contributed by atoms with E-state index in [4.69, 9.17) is 15.2 Å². The fourth-order valence-electron chi connectivity index (χ4n) is 3.35. The number of hydrogen-bond donors (Lipinski definition) is 1. The van der Waals surface area contributed by atoms with Crippen molar-refractivity contribution in [3.63, 3.8) is 0 Å². The number of anilines is 1. The van der Waals surface area contributed by atoms with Gasteiger partial charge in [0, 0.05) is 17.6 Å². The lowest BCUT2D eigenvalue weighted by Gasteiger charge is -2.18. The topological polar surface area (TPSA) is 66.5 Å². The molecule has 1 aromatic carbocycles. The Bertz CT molecular complexity index is 880. The summed E-state index contributed by atoms with van der Waals surface area (Å²) in [6.45, 7) is 9.66. The van der Waals surface area contributed by atoms with E-state index < -0.39 is 0 Å². The number of nitrogen functional groups attached to an aromatic ring is 1. The first-order chi connectivity index (χ1) is 14.0. The van der Waals surface area contributed by atoms with Crippen LogP contribution in [0.3, 0.4) is 0 Å². The number of nitrogens with zero attached hydrogens (tertiary/aromatic N) is 1. The molecule has 1 heterocycles. The third-order valence-electron chi connectivity index (χ3n) is 4.98. The van der Waals surface area contributed by atoms with E-state index in [9.17, 15) is 4.79 Å². The fraction of sp³-hybridized carbons (Fsp3) is 0.542. The summed E-state index contributed by atoms with van der Waals surface area (Å²) in [6.07, 6.45) is 9.01. The first-order valence-electron chi connectivity index (χ1n) is 10.8. The number of unbranched alkanes of at least 4 members (excludes halogenated alkanes) is 5. The van der Waals surface area contributed by atoms with Crippen molar-refractivity contribution in [2.75, 3.05) is 18.9 Å². The van der Waals surface area contributed by atoms with Gasteiger partial charge in [-0.25, -0.2) is 0 Å². The van der Waals surface area contributed by atoms with E-state index in [0.29, 0.717) is 36.9 Å². The lowest BCUT2D eigenvalue weighted by molar-refractivity contribution is 0.272. The summed E-state index contributed by atoms with van der Waals surface area (Å²) in [4.78, 5) is 13.1. The van der Waals surface area contributed by atoms with Crippen LogP contribution in [0.1, 0.15) is 66.2 Å². The van der Waals surface area contributed by atoms with Crippen molar-refractivity contribution >= 4 is 16.6 Å². The molecule has 2 N–H and O–H groups in total. The standard InChI is InChI=1S/C24H36N2O3/c1-5-7-8-9-10-11-15-28-23-22(29-16-14-18(3)4)20-13-12-19(25)17-21(20)26(6-2)24(23)27/h12-14,17H,5-11,15-16,25H2,1-4H3. The summed E-state index contributed by atoms with van der Waals surface area (Å²) in [7, 11) is 0. The Balaban J connectivity index is 2.32. The average molecular weight is 401 g/mol. The minimum Gasteiger partial charge on any atom is -0.485 e. The van der Waals surface area contributed by atoms with Crippen LogP contribution in [0, 0.1) is 0 Å². The molecule has 2 rings (SSSR count). The number of benzene rings is 1. The molecule has 160 valence electrons. The van der Waals surface area contributed by atoms with Crippen LogP contribution in [0.15, 0.2) is 34.6 Å². The number of nitrogens with two attached hydrogens (primary N) is 1. The molecule has 29 heavy (non-hydrogen) atoms. The second kappa shape index (κ2) is 11.5. The molecule has 0 aliphatic heterocycles. The minimum absolute atomic E-state index is 0.163. The number of rotatable bonds is 12. The van der Waals surface area contributed by atoms with Gasteiger partial charge in [0.25, 0.3) is 5.56 Å². The van der Waals surface area contributed by atoms with Crippen molar-refractivity contribution < 1.29 is 9.47 Å². The van der Waals surface area contributed by atoms with Gasteiger partial charge in [-0.2, -0.15) is 0 Å². The van der Waals surface area contributed by atoms with E-state index in [1.165, 1.54) is 25.7 Å². The van der Waals surface area contributed by atoms with E-state index in [0.717, 1.165) is 29.3 Å². The predicted octanol–water partition coefficient (Wildman–Crippen LogP) is 5.69. The molecule has 0 spiro atoms. The molecule has 2 aromatic rings. The molecule has 0 fully saturated rings. The van der Waals surface area contributed by atoms with Crippen LogP contribution in [-0.2, 0) is 6.54 Å². The van der Waals surface area contributed by atoms with Gasteiger partial charge < -0.3 is 19.8 Å². The minimum atomic E-state index is -0.163. The number of allylic oxidation sites excluding steroid dienone is 1. The maximum Gasteiger partial charge on any atom is 0.297 e. The first-order valence-corrected chi connectivity index (χ1v) is 10.8. The normalized spacial score (nSPS) is 10.9. The maximum absolute atomic E-state index is 13.1. The molecule has 0 atom stereocenters. The number of ether oxygens (including phenoxy) is 2. The summed E-state index contributed by atoms with van der Waals surface area (Å²) >= 11 is 0. The third-order valence-corrected chi connectivity index (χ3v) is 4.98. The van der Waals surface area contributed by atoms with Gasteiger partial charge >= 0.3 is 0 Å². The zero-order valence-corrected chi connectivity index (χ0v) is 18.4. The molecule has 0 saturated heterocycles. The maximum atomic E-state index is 13.1. The van der Waals surface area contributed by atoms with Gasteiger partial charge in [-0.05, 0) is 51.5 Å². The number of pyridine rings is 1. The highest BCUT2D eigenvalue weighted by atomic mass is 16.5. The molecule has 5 nitrogen and oxygen atoms in total. The van der Waals surface area contributed by atoms with Crippen LogP contribution in [0.4, 0.5) is 5.69 Å². The van der Waals surface area contributed by atoms with Crippen molar-refractivity contribution in [3.05, 3.63) is 40.2 Å². The zero-order chi connectivity index (χ0) is 21.2. The Labute approximate surface area is 174 Å². The molecule has 0 aliphatic carbocycles. The molecular weight excluding hydrogens is 364 g/mol. The third kappa shape index (κ3) is 6.28. The average Bonchev–Trinajstić information content (AvgIpc) is 2.68.